The van der Waals surface area contributed by atoms with E-state index in [0.717, 1.165) is 12.8 Å². The van der Waals surface area contributed by atoms with Crippen molar-refractivity contribution in [2.45, 2.75) is 46.5 Å². The van der Waals surface area contributed by atoms with E-state index >= 15 is 0 Å². The third-order valence-electron chi connectivity index (χ3n) is 2.06. The lowest BCUT2D eigenvalue weighted by Crippen LogP contribution is -2.20. The van der Waals surface area contributed by atoms with Crippen molar-refractivity contribution < 1.29 is 9.90 Å². The molecule has 2 nitrogen and oxygen atoms in total. The molecule has 0 saturated heterocycles. The molecule has 76 valence electrons. The Hall–Kier alpha value is -0.790. The van der Waals surface area contributed by atoms with Crippen molar-refractivity contribution in [1.82, 2.24) is 0 Å². The summed E-state index contributed by atoms with van der Waals surface area (Å²) >= 11 is 0. The maximum absolute atomic E-state index is 10.7. The van der Waals surface area contributed by atoms with Crippen LogP contribution in [0.2, 0.25) is 0 Å². The van der Waals surface area contributed by atoms with E-state index in [1.807, 2.05) is 6.08 Å². The highest BCUT2D eigenvalue weighted by molar-refractivity contribution is 5.75. The normalized spacial score (nSPS) is 12.2. The predicted molar refractivity (Wildman–Crippen MR) is 54.7 cm³/mol. The number of aliphatic carboxylic acids is 1. The summed E-state index contributed by atoms with van der Waals surface area (Å²) in [6.45, 7) is 5.59. The number of allylic oxidation sites excluding steroid dienone is 1. The fraction of sp³-hybridized carbons (Fsp3) is 0.727. The summed E-state index contributed by atoms with van der Waals surface area (Å²) in [7, 11) is 0. The second-order valence-corrected chi connectivity index (χ2v) is 3.92. The highest BCUT2D eigenvalue weighted by Gasteiger charge is 2.22. The van der Waals surface area contributed by atoms with Gasteiger partial charge in [0.25, 0.3) is 0 Å². The molecule has 0 spiro atoms. The van der Waals surface area contributed by atoms with Gasteiger partial charge in [0, 0.05) is 0 Å². The first-order chi connectivity index (χ1) is 6.00. The molecule has 0 aromatic rings. The molecule has 0 unspecified atom stereocenters. The number of unbranched alkanes of at least 4 members (excludes halogenated alkanes) is 3. The zero-order chi connectivity index (χ0) is 10.3. The summed E-state index contributed by atoms with van der Waals surface area (Å²) in [6, 6.07) is 0. The summed E-state index contributed by atoms with van der Waals surface area (Å²) in [5, 5.41) is 8.79. The molecule has 0 aliphatic rings. The number of hydrogen-bond acceptors (Lipinski definition) is 1. The molecule has 0 saturated carbocycles. The lowest BCUT2D eigenvalue weighted by Gasteiger charge is -2.12. The molecule has 0 rings (SSSR count). The Morgan fingerprint density at radius 2 is 2.00 bits per heavy atom. The SMILES string of the molecule is CCCCC/C=C/C(C)(C)C(=O)O. The third-order valence-corrected chi connectivity index (χ3v) is 2.06. The van der Waals surface area contributed by atoms with Gasteiger partial charge >= 0.3 is 5.97 Å². The topological polar surface area (TPSA) is 37.3 Å². The third kappa shape index (κ3) is 5.45. The minimum Gasteiger partial charge on any atom is -0.481 e. The van der Waals surface area contributed by atoms with Crippen molar-refractivity contribution >= 4 is 5.97 Å². The van der Waals surface area contributed by atoms with Crippen molar-refractivity contribution in [3.05, 3.63) is 12.2 Å². The Labute approximate surface area is 80.7 Å². The quantitative estimate of drug-likeness (QED) is 0.508. The molecule has 0 amide bonds. The largest absolute Gasteiger partial charge is 0.481 e. The van der Waals surface area contributed by atoms with Crippen LogP contribution in [0, 0.1) is 5.41 Å². The van der Waals surface area contributed by atoms with Crippen LogP contribution in [0.5, 0.6) is 0 Å². The first kappa shape index (κ1) is 12.2. The molecule has 1 N–H and O–H groups in total. The summed E-state index contributed by atoms with van der Waals surface area (Å²) < 4.78 is 0. The van der Waals surface area contributed by atoms with Crippen LogP contribution in [0.1, 0.15) is 46.5 Å². The van der Waals surface area contributed by atoms with Crippen LogP contribution >= 0.6 is 0 Å². The first-order valence-corrected chi connectivity index (χ1v) is 4.92. The molecular weight excluding hydrogens is 164 g/mol. The molecule has 0 aromatic heterocycles. The van der Waals surface area contributed by atoms with Gasteiger partial charge in [0.15, 0.2) is 0 Å². The molecule has 0 fully saturated rings. The molecule has 0 aromatic carbocycles. The molecule has 0 aliphatic carbocycles. The first-order valence-electron chi connectivity index (χ1n) is 4.92. The zero-order valence-corrected chi connectivity index (χ0v) is 8.84. The van der Waals surface area contributed by atoms with Gasteiger partial charge < -0.3 is 5.11 Å². The fourth-order valence-electron chi connectivity index (χ4n) is 0.961. The average Bonchev–Trinajstić information content (AvgIpc) is 2.03. The van der Waals surface area contributed by atoms with Crippen molar-refractivity contribution in [1.29, 1.82) is 0 Å². The van der Waals surface area contributed by atoms with Crippen LogP contribution in [-0.2, 0) is 4.79 Å². The second kappa shape index (κ2) is 5.79. The van der Waals surface area contributed by atoms with Gasteiger partial charge in [0.2, 0.25) is 0 Å². The van der Waals surface area contributed by atoms with E-state index in [4.69, 9.17) is 5.11 Å². The lowest BCUT2D eigenvalue weighted by atomic mass is 9.93. The minimum absolute atomic E-state index is 0.716. The van der Waals surface area contributed by atoms with Crippen molar-refractivity contribution in [3.8, 4) is 0 Å². The average molecular weight is 184 g/mol. The van der Waals surface area contributed by atoms with Crippen LogP contribution in [0.25, 0.3) is 0 Å². The monoisotopic (exact) mass is 184 g/mol. The van der Waals surface area contributed by atoms with Crippen molar-refractivity contribution in [2.75, 3.05) is 0 Å². The molecule has 0 radical (unpaired) electrons. The van der Waals surface area contributed by atoms with Crippen LogP contribution in [0.3, 0.4) is 0 Å². The van der Waals surface area contributed by atoms with E-state index < -0.39 is 11.4 Å². The maximum atomic E-state index is 10.7. The molecule has 0 heterocycles. The van der Waals surface area contributed by atoms with E-state index in [2.05, 4.69) is 6.92 Å². The highest BCUT2D eigenvalue weighted by Crippen LogP contribution is 2.17. The van der Waals surface area contributed by atoms with E-state index in [9.17, 15) is 4.79 Å². The lowest BCUT2D eigenvalue weighted by molar-refractivity contribution is -0.144. The smallest absolute Gasteiger partial charge is 0.312 e. The van der Waals surface area contributed by atoms with E-state index in [1.165, 1.54) is 12.8 Å². The maximum Gasteiger partial charge on any atom is 0.312 e. The molecular formula is C11H20O2. The van der Waals surface area contributed by atoms with Crippen LogP contribution < -0.4 is 0 Å². The summed E-state index contributed by atoms with van der Waals surface area (Å²) in [5.74, 6) is -0.765. The van der Waals surface area contributed by atoms with E-state index in [0.29, 0.717) is 0 Å². The number of carboxylic acids is 1. The number of carboxylic acid groups (broad SMARTS) is 1. The Morgan fingerprint density at radius 1 is 1.38 bits per heavy atom. The van der Waals surface area contributed by atoms with Gasteiger partial charge in [0.1, 0.15) is 0 Å². The number of carbonyl (C=O) groups is 1. The van der Waals surface area contributed by atoms with Gasteiger partial charge in [-0.15, -0.1) is 0 Å². The highest BCUT2D eigenvalue weighted by atomic mass is 16.4. The summed E-state index contributed by atoms with van der Waals surface area (Å²) in [4.78, 5) is 10.7. The fourth-order valence-corrected chi connectivity index (χ4v) is 0.961. The van der Waals surface area contributed by atoms with Crippen LogP contribution in [-0.4, -0.2) is 11.1 Å². The summed E-state index contributed by atoms with van der Waals surface area (Å²) in [5.41, 5.74) is -0.716. The van der Waals surface area contributed by atoms with Crippen LogP contribution in [0.4, 0.5) is 0 Å². The summed E-state index contributed by atoms with van der Waals surface area (Å²) in [6.07, 6.45) is 8.33. The molecule has 13 heavy (non-hydrogen) atoms. The van der Waals surface area contributed by atoms with Gasteiger partial charge in [-0.05, 0) is 26.7 Å². The van der Waals surface area contributed by atoms with Gasteiger partial charge in [-0.3, -0.25) is 4.79 Å². The van der Waals surface area contributed by atoms with Gasteiger partial charge in [-0.1, -0.05) is 31.9 Å². The van der Waals surface area contributed by atoms with Gasteiger partial charge in [0.05, 0.1) is 5.41 Å². The molecule has 0 atom stereocenters. The molecule has 0 aliphatic heterocycles. The molecule has 0 bridgehead atoms. The Bertz CT molecular complexity index is 181. The van der Waals surface area contributed by atoms with Crippen molar-refractivity contribution in [2.24, 2.45) is 5.41 Å². The second-order valence-electron chi connectivity index (χ2n) is 3.92. The standard InChI is InChI=1S/C11H20O2/c1-4-5-6-7-8-9-11(2,3)10(12)13/h8-9H,4-7H2,1-3H3,(H,12,13)/b9-8+. The minimum atomic E-state index is -0.765. The van der Waals surface area contributed by atoms with E-state index in [1.54, 1.807) is 19.9 Å². The Kier molecular flexibility index (Phi) is 5.44. The zero-order valence-electron chi connectivity index (χ0n) is 8.84. The number of hydrogen-bond donors (Lipinski definition) is 1. The molecule has 2 heteroatoms. The number of rotatable bonds is 6. The predicted octanol–water partition coefficient (Wildman–Crippen LogP) is 3.23. The van der Waals surface area contributed by atoms with Crippen LogP contribution in [0.15, 0.2) is 12.2 Å². The van der Waals surface area contributed by atoms with E-state index in [-0.39, 0.29) is 0 Å². The van der Waals surface area contributed by atoms with Crippen molar-refractivity contribution in [3.63, 3.8) is 0 Å². The van der Waals surface area contributed by atoms with Gasteiger partial charge in [-0.2, -0.15) is 0 Å². The Balaban J connectivity index is 3.76. The Morgan fingerprint density at radius 3 is 2.46 bits per heavy atom. The van der Waals surface area contributed by atoms with Gasteiger partial charge in [-0.25, -0.2) is 0 Å².